The first-order valence-electron chi connectivity index (χ1n) is 9.82. The molecule has 2 amide bonds. The number of fused-ring (bicyclic) bond motifs is 1. The number of amides is 2. The quantitative estimate of drug-likeness (QED) is 0.705. The monoisotopic (exact) mass is 381 g/mol. The van der Waals surface area contributed by atoms with E-state index < -0.39 is 0 Å². The Morgan fingerprint density at radius 2 is 1.93 bits per heavy atom. The Kier molecular flexibility index (Phi) is 5.50. The normalized spacial score (nSPS) is 14.9. The van der Waals surface area contributed by atoms with Crippen molar-refractivity contribution in [2.24, 2.45) is 0 Å². The van der Waals surface area contributed by atoms with Crippen molar-refractivity contribution in [3.05, 3.63) is 48.4 Å². The van der Waals surface area contributed by atoms with Crippen LogP contribution in [0.4, 0.5) is 9.18 Å². The number of hydrogen-bond donors (Lipinski definition) is 2. The fraction of sp³-hybridized carbons (Fsp3) is 0.381. The van der Waals surface area contributed by atoms with Gasteiger partial charge in [-0.2, -0.15) is 0 Å². The molecule has 0 atom stereocenters. The van der Waals surface area contributed by atoms with Crippen LogP contribution in [0.3, 0.4) is 0 Å². The lowest BCUT2D eigenvalue weighted by atomic mass is 9.96. The second kappa shape index (κ2) is 8.37. The van der Waals surface area contributed by atoms with Gasteiger partial charge in [0, 0.05) is 30.9 Å². The Bertz CT molecular complexity index is 947. The van der Waals surface area contributed by atoms with Crippen LogP contribution in [0.1, 0.15) is 32.1 Å². The molecule has 146 valence electrons. The van der Waals surface area contributed by atoms with Crippen LogP contribution in [-0.2, 0) is 6.54 Å². The lowest BCUT2D eigenvalue weighted by Gasteiger charge is -2.22. The molecule has 6 nitrogen and oxygen atoms in total. The number of pyridine rings is 1. The van der Waals surface area contributed by atoms with Crippen molar-refractivity contribution in [3.8, 4) is 11.4 Å². The Hall–Kier alpha value is -2.96. The van der Waals surface area contributed by atoms with E-state index in [0.717, 1.165) is 29.6 Å². The van der Waals surface area contributed by atoms with Crippen LogP contribution < -0.4 is 10.6 Å². The summed E-state index contributed by atoms with van der Waals surface area (Å²) in [5.41, 5.74) is 2.33. The van der Waals surface area contributed by atoms with Crippen LogP contribution >= 0.6 is 0 Å². The largest absolute Gasteiger partial charge is 0.336 e. The summed E-state index contributed by atoms with van der Waals surface area (Å²) in [4.78, 5) is 21.3. The molecule has 28 heavy (non-hydrogen) atoms. The molecule has 3 aromatic rings. The zero-order chi connectivity index (χ0) is 19.3. The zero-order valence-corrected chi connectivity index (χ0v) is 15.7. The maximum absolute atomic E-state index is 13.3. The van der Waals surface area contributed by atoms with Gasteiger partial charge in [0.1, 0.15) is 17.2 Å². The molecule has 2 heterocycles. The van der Waals surface area contributed by atoms with Crippen molar-refractivity contribution in [2.45, 2.75) is 44.7 Å². The lowest BCUT2D eigenvalue weighted by molar-refractivity contribution is 0.232. The van der Waals surface area contributed by atoms with Gasteiger partial charge in [-0.25, -0.2) is 19.2 Å². The average molecular weight is 381 g/mol. The summed E-state index contributed by atoms with van der Waals surface area (Å²) in [6.45, 7) is 0.979. The summed E-state index contributed by atoms with van der Waals surface area (Å²) < 4.78 is 15.3. The molecule has 7 heteroatoms. The molecule has 0 spiro atoms. The predicted octanol–water partition coefficient (Wildman–Crippen LogP) is 3.87. The minimum atomic E-state index is -0.286. The smallest absolute Gasteiger partial charge is 0.315 e. The van der Waals surface area contributed by atoms with E-state index in [1.54, 1.807) is 18.3 Å². The summed E-state index contributed by atoms with van der Waals surface area (Å²) in [5, 5.41) is 5.99. The Balaban J connectivity index is 1.47. The highest BCUT2D eigenvalue weighted by Gasteiger charge is 2.16. The van der Waals surface area contributed by atoms with Crippen molar-refractivity contribution >= 4 is 17.2 Å². The molecular weight excluding hydrogens is 357 g/mol. The maximum atomic E-state index is 13.3. The molecule has 0 saturated heterocycles. The van der Waals surface area contributed by atoms with E-state index in [4.69, 9.17) is 0 Å². The topological polar surface area (TPSA) is 71.8 Å². The highest BCUT2D eigenvalue weighted by Crippen LogP contribution is 2.23. The van der Waals surface area contributed by atoms with Crippen molar-refractivity contribution < 1.29 is 9.18 Å². The number of hydrogen-bond acceptors (Lipinski definition) is 3. The number of rotatable bonds is 5. The van der Waals surface area contributed by atoms with Gasteiger partial charge in [0.25, 0.3) is 0 Å². The molecule has 1 saturated carbocycles. The van der Waals surface area contributed by atoms with Crippen LogP contribution in [0, 0.1) is 5.82 Å². The molecule has 2 N–H and O–H groups in total. The summed E-state index contributed by atoms with van der Waals surface area (Å²) in [7, 11) is 0. The second-order valence-electron chi connectivity index (χ2n) is 7.18. The standard InChI is InChI=1S/C21H24FN5O/c22-16-10-8-15(9-11-16)19-26-18-7-4-12-23-20(18)27(19)14-13-24-21(28)25-17-5-2-1-3-6-17/h4,7-12,17H,1-3,5-6,13-14H2,(H2,24,25,28). The van der Waals surface area contributed by atoms with Crippen molar-refractivity contribution in [1.29, 1.82) is 0 Å². The van der Waals surface area contributed by atoms with Gasteiger partial charge >= 0.3 is 6.03 Å². The van der Waals surface area contributed by atoms with Crippen LogP contribution in [-0.4, -0.2) is 33.2 Å². The van der Waals surface area contributed by atoms with Crippen molar-refractivity contribution in [3.63, 3.8) is 0 Å². The van der Waals surface area contributed by atoms with Gasteiger partial charge in [-0.1, -0.05) is 19.3 Å². The van der Waals surface area contributed by atoms with Gasteiger partial charge < -0.3 is 15.2 Å². The molecule has 0 aliphatic heterocycles. The summed E-state index contributed by atoms with van der Waals surface area (Å²) in [6.07, 6.45) is 7.44. The van der Waals surface area contributed by atoms with Gasteiger partial charge in [-0.05, 0) is 49.2 Å². The van der Waals surface area contributed by atoms with Gasteiger partial charge in [0.2, 0.25) is 0 Å². The first-order chi connectivity index (χ1) is 13.7. The first kappa shape index (κ1) is 18.4. The van der Waals surface area contributed by atoms with Gasteiger partial charge in [-0.15, -0.1) is 0 Å². The summed E-state index contributed by atoms with van der Waals surface area (Å²) in [5.74, 6) is 0.425. The number of urea groups is 1. The third-order valence-corrected chi connectivity index (χ3v) is 5.17. The molecule has 4 rings (SSSR count). The summed E-state index contributed by atoms with van der Waals surface area (Å²) >= 11 is 0. The SMILES string of the molecule is O=C(NCCn1c(-c2ccc(F)cc2)nc2cccnc21)NC1CCCCC1. The molecule has 1 fully saturated rings. The van der Waals surface area contributed by atoms with E-state index in [2.05, 4.69) is 20.6 Å². The van der Waals surface area contributed by atoms with E-state index in [1.165, 1.54) is 31.4 Å². The molecule has 0 bridgehead atoms. The van der Waals surface area contributed by atoms with Crippen LogP contribution in [0.5, 0.6) is 0 Å². The summed E-state index contributed by atoms with van der Waals surface area (Å²) in [6, 6.07) is 10.1. The second-order valence-corrected chi connectivity index (χ2v) is 7.18. The minimum absolute atomic E-state index is 0.132. The molecule has 0 unspecified atom stereocenters. The fourth-order valence-corrected chi connectivity index (χ4v) is 3.75. The Morgan fingerprint density at radius 3 is 2.71 bits per heavy atom. The minimum Gasteiger partial charge on any atom is -0.336 e. The van der Waals surface area contributed by atoms with E-state index in [-0.39, 0.29) is 17.9 Å². The van der Waals surface area contributed by atoms with Crippen LogP contribution in [0.2, 0.25) is 0 Å². The highest BCUT2D eigenvalue weighted by molar-refractivity contribution is 5.77. The third kappa shape index (κ3) is 4.13. The van der Waals surface area contributed by atoms with Crippen molar-refractivity contribution in [1.82, 2.24) is 25.2 Å². The number of nitrogens with one attached hydrogen (secondary N) is 2. The molecule has 1 aromatic carbocycles. The first-order valence-corrected chi connectivity index (χ1v) is 9.82. The lowest BCUT2D eigenvalue weighted by Crippen LogP contribution is -2.43. The van der Waals surface area contributed by atoms with E-state index in [1.807, 2.05) is 16.7 Å². The highest BCUT2D eigenvalue weighted by atomic mass is 19.1. The number of aromatic nitrogens is 3. The van der Waals surface area contributed by atoms with Gasteiger partial charge in [0.05, 0.1) is 0 Å². The number of halogens is 1. The number of carbonyl (C=O) groups excluding carboxylic acids is 1. The van der Waals surface area contributed by atoms with Crippen LogP contribution in [0.15, 0.2) is 42.6 Å². The maximum Gasteiger partial charge on any atom is 0.315 e. The predicted molar refractivity (Wildman–Crippen MR) is 106 cm³/mol. The molecular formula is C21H24FN5O. The number of nitrogens with zero attached hydrogens (tertiary/aromatic N) is 3. The Morgan fingerprint density at radius 1 is 1.14 bits per heavy atom. The van der Waals surface area contributed by atoms with E-state index in [9.17, 15) is 9.18 Å². The van der Waals surface area contributed by atoms with Gasteiger partial charge in [-0.3, -0.25) is 0 Å². The Labute approximate surface area is 163 Å². The molecule has 1 aliphatic rings. The molecule has 0 radical (unpaired) electrons. The van der Waals surface area contributed by atoms with Gasteiger partial charge in [0.15, 0.2) is 5.65 Å². The van der Waals surface area contributed by atoms with Crippen LogP contribution in [0.25, 0.3) is 22.6 Å². The number of benzene rings is 1. The molecule has 1 aliphatic carbocycles. The zero-order valence-electron chi connectivity index (χ0n) is 15.7. The van der Waals surface area contributed by atoms with E-state index >= 15 is 0 Å². The average Bonchev–Trinajstić information content (AvgIpc) is 3.08. The molecule has 2 aromatic heterocycles. The third-order valence-electron chi connectivity index (χ3n) is 5.17. The number of carbonyl (C=O) groups is 1. The van der Waals surface area contributed by atoms with E-state index in [0.29, 0.717) is 18.9 Å². The van der Waals surface area contributed by atoms with Crippen molar-refractivity contribution in [2.75, 3.05) is 6.54 Å². The fourth-order valence-electron chi connectivity index (χ4n) is 3.75. The number of imidazole rings is 1.